The number of ether oxygens (including phenoxy) is 1. The van der Waals surface area contributed by atoms with Crippen LogP contribution in [0.15, 0.2) is 0 Å². The quantitative estimate of drug-likeness (QED) is 0.593. The predicted octanol–water partition coefficient (Wildman–Crippen LogP) is 2.60. The van der Waals surface area contributed by atoms with E-state index in [9.17, 15) is 0 Å². The third-order valence-corrected chi connectivity index (χ3v) is 2.67. The van der Waals surface area contributed by atoms with Crippen LogP contribution in [0.3, 0.4) is 0 Å². The molecule has 1 N–H and O–H groups in total. The van der Waals surface area contributed by atoms with E-state index in [1.165, 1.54) is 19.3 Å². The highest BCUT2D eigenvalue weighted by atomic mass is 16.5. The van der Waals surface area contributed by atoms with Gasteiger partial charge < -0.3 is 9.84 Å². The molecule has 0 bridgehead atoms. The minimum absolute atomic E-state index is 0.133. The average molecular weight is 188 g/mol. The Labute approximate surface area is 82.3 Å². The van der Waals surface area contributed by atoms with Crippen LogP contribution in [0.1, 0.15) is 46.5 Å². The van der Waals surface area contributed by atoms with Crippen molar-refractivity contribution in [2.75, 3.05) is 19.8 Å². The molecule has 1 unspecified atom stereocenters. The summed E-state index contributed by atoms with van der Waals surface area (Å²) in [5.74, 6) is 0. The molecule has 2 nitrogen and oxygen atoms in total. The molecule has 0 saturated heterocycles. The first-order valence-corrected chi connectivity index (χ1v) is 5.37. The zero-order valence-electron chi connectivity index (χ0n) is 9.31. The number of aliphatic hydroxyl groups is 1. The Bertz CT molecular complexity index is 115. The van der Waals surface area contributed by atoms with Gasteiger partial charge in [-0.05, 0) is 18.3 Å². The van der Waals surface area contributed by atoms with Gasteiger partial charge in [-0.25, -0.2) is 0 Å². The fourth-order valence-corrected chi connectivity index (χ4v) is 1.34. The standard InChI is InChI=1S/C11H24O2/c1-4-6-7-11(3,5-2)10-13-9-8-12/h12H,4-10H2,1-3H3. The van der Waals surface area contributed by atoms with Gasteiger partial charge in [0.2, 0.25) is 0 Å². The van der Waals surface area contributed by atoms with Crippen LogP contribution in [0.25, 0.3) is 0 Å². The Kier molecular flexibility index (Phi) is 7.29. The molecule has 0 amide bonds. The van der Waals surface area contributed by atoms with Crippen molar-refractivity contribution in [3.8, 4) is 0 Å². The van der Waals surface area contributed by atoms with E-state index in [-0.39, 0.29) is 6.61 Å². The average Bonchev–Trinajstić information content (AvgIpc) is 2.15. The highest BCUT2D eigenvalue weighted by Gasteiger charge is 2.21. The van der Waals surface area contributed by atoms with E-state index in [1.54, 1.807) is 0 Å². The molecule has 0 aromatic rings. The Morgan fingerprint density at radius 1 is 1.31 bits per heavy atom. The summed E-state index contributed by atoms with van der Waals surface area (Å²) < 4.78 is 5.39. The summed E-state index contributed by atoms with van der Waals surface area (Å²) >= 11 is 0. The van der Waals surface area contributed by atoms with Crippen LogP contribution in [0.2, 0.25) is 0 Å². The van der Waals surface area contributed by atoms with Crippen molar-refractivity contribution in [1.82, 2.24) is 0 Å². The summed E-state index contributed by atoms with van der Waals surface area (Å²) in [6.45, 7) is 8.07. The van der Waals surface area contributed by atoms with E-state index in [1.807, 2.05) is 0 Å². The maximum Gasteiger partial charge on any atom is 0.0697 e. The fourth-order valence-electron chi connectivity index (χ4n) is 1.34. The van der Waals surface area contributed by atoms with E-state index < -0.39 is 0 Å². The predicted molar refractivity (Wildman–Crippen MR) is 55.8 cm³/mol. The summed E-state index contributed by atoms with van der Waals surface area (Å²) in [6, 6.07) is 0. The van der Waals surface area contributed by atoms with Crippen LogP contribution in [0, 0.1) is 5.41 Å². The van der Waals surface area contributed by atoms with Gasteiger partial charge in [0.05, 0.1) is 19.8 Å². The fraction of sp³-hybridized carbons (Fsp3) is 1.00. The molecule has 13 heavy (non-hydrogen) atoms. The van der Waals surface area contributed by atoms with E-state index in [4.69, 9.17) is 9.84 Å². The van der Waals surface area contributed by atoms with Gasteiger partial charge in [-0.3, -0.25) is 0 Å². The maximum absolute atomic E-state index is 8.59. The molecule has 0 aromatic carbocycles. The minimum Gasteiger partial charge on any atom is -0.394 e. The van der Waals surface area contributed by atoms with Crippen LogP contribution in [-0.4, -0.2) is 24.9 Å². The zero-order valence-corrected chi connectivity index (χ0v) is 9.31. The first-order chi connectivity index (χ1) is 6.18. The van der Waals surface area contributed by atoms with Crippen molar-refractivity contribution in [3.63, 3.8) is 0 Å². The molecule has 0 radical (unpaired) electrons. The number of unbranched alkanes of at least 4 members (excludes halogenated alkanes) is 1. The van der Waals surface area contributed by atoms with Crippen molar-refractivity contribution in [2.45, 2.75) is 46.5 Å². The SMILES string of the molecule is CCCCC(C)(CC)COCCO. The largest absolute Gasteiger partial charge is 0.394 e. The molecule has 1 atom stereocenters. The molecule has 0 rings (SSSR count). The van der Waals surface area contributed by atoms with Crippen LogP contribution in [0.4, 0.5) is 0 Å². The maximum atomic E-state index is 8.59. The molecular weight excluding hydrogens is 164 g/mol. The van der Waals surface area contributed by atoms with Crippen LogP contribution < -0.4 is 0 Å². The normalized spacial score (nSPS) is 15.7. The van der Waals surface area contributed by atoms with Crippen molar-refractivity contribution in [3.05, 3.63) is 0 Å². The van der Waals surface area contributed by atoms with E-state index >= 15 is 0 Å². The number of hydrogen-bond donors (Lipinski definition) is 1. The highest BCUT2D eigenvalue weighted by molar-refractivity contribution is 4.71. The summed E-state index contributed by atoms with van der Waals surface area (Å²) in [6.07, 6.45) is 4.90. The van der Waals surface area contributed by atoms with Crippen molar-refractivity contribution in [1.29, 1.82) is 0 Å². The monoisotopic (exact) mass is 188 g/mol. The van der Waals surface area contributed by atoms with E-state index in [0.29, 0.717) is 12.0 Å². The Morgan fingerprint density at radius 3 is 2.46 bits per heavy atom. The Balaban J connectivity index is 3.67. The van der Waals surface area contributed by atoms with Gasteiger partial charge in [-0.2, -0.15) is 0 Å². The second-order valence-corrected chi connectivity index (χ2v) is 4.04. The van der Waals surface area contributed by atoms with E-state index in [0.717, 1.165) is 13.0 Å². The number of hydrogen-bond acceptors (Lipinski definition) is 2. The lowest BCUT2D eigenvalue weighted by atomic mass is 9.83. The summed E-state index contributed by atoms with van der Waals surface area (Å²) in [4.78, 5) is 0. The molecule has 0 aliphatic heterocycles. The smallest absolute Gasteiger partial charge is 0.0697 e. The lowest BCUT2D eigenvalue weighted by Crippen LogP contribution is -2.23. The number of rotatable bonds is 8. The molecule has 0 aromatic heterocycles. The second-order valence-electron chi connectivity index (χ2n) is 4.04. The zero-order chi connectivity index (χ0) is 10.2. The molecule has 80 valence electrons. The van der Waals surface area contributed by atoms with E-state index in [2.05, 4.69) is 20.8 Å². The van der Waals surface area contributed by atoms with Crippen LogP contribution in [0.5, 0.6) is 0 Å². The second kappa shape index (κ2) is 7.34. The third kappa shape index (κ3) is 6.05. The first kappa shape index (κ1) is 12.9. The van der Waals surface area contributed by atoms with Crippen LogP contribution >= 0.6 is 0 Å². The first-order valence-electron chi connectivity index (χ1n) is 5.37. The van der Waals surface area contributed by atoms with Gasteiger partial charge >= 0.3 is 0 Å². The molecule has 0 aliphatic carbocycles. The molecule has 0 spiro atoms. The molecule has 0 heterocycles. The Hall–Kier alpha value is -0.0800. The van der Waals surface area contributed by atoms with Crippen molar-refractivity contribution >= 4 is 0 Å². The topological polar surface area (TPSA) is 29.5 Å². The molecular formula is C11H24O2. The molecule has 2 heteroatoms. The van der Waals surface area contributed by atoms with Crippen molar-refractivity contribution in [2.24, 2.45) is 5.41 Å². The lowest BCUT2D eigenvalue weighted by molar-refractivity contribution is 0.0254. The molecule has 0 saturated carbocycles. The minimum atomic E-state index is 0.133. The van der Waals surface area contributed by atoms with Gasteiger partial charge in [0.15, 0.2) is 0 Å². The van der Waals surface area contributed by atoms with Gasteiger partial charge in [0.1, 0.15) is 0 Å². The summed E-state index contributed by atoms with van der Waals surface area (Å²) in [5.41, 5.74) is 0.311. The Morgan fingerprint density at radius 2 is 2.00 bits per heavy atom. The molecule has 0 aliphatic rings. The third-order valence-electron chi connectivity index (χ3n) is 2.67. The van der Waals surface area contributed by atoms with Gasteiger partial charge in [-0.1, -0.05) is 33.6 Å². The van der Waals surface area contributed by atoms with Gasteiger partial charge in [0.25, 0.3) is 0 Å². The summed E-state index contributed by atoms with van der Waals surface area (Å²) in [5, 5.41) is 8.59. The lowest BCUT2D eigenvalue weighted by Gasteiger charge is -2.27. The van der Waals surface area contributed by atoms with Gasteiger partial charge in [0, 0.05) is 0 Å². The highest BCUT2D eigenvalue weighted by Crippen LogP contribution is 2.28. The van der Waals surface area contributed by atoms with Crippen molar-refractivity contribution < 1.29 is 9.84 Å². The number of aliphatic hydroxyl groups excluding tert-OH is 1. The van der Waals surface area contributed by atoms with Gasteiger partial charge in [-0.15, -0.1) is 0 Å². The van der Waals surface area contributed by atoms with Crippen LogP contribution in [-0.2, 0) is 4.74 Å². The molecule has 0 fully saturated rings. The summed E-state index contributed by atoms with van der Waals surface area (Å²) in [7, 11) is 0.